The quantitative estimate of drug-likeness (QED) is 0.769. The largest absolute Gasteiger partial charge is 0.497 e. The van der Waals surface area contributed by atoms with E-state index in [0.29, 0.717) is 11.5 Å². The lowest BCUT2D eigenvalue weighted by Gasteiger charge is -2.38. The Morgan fingerprint density at radius 2 is 1.85 bits per heavy atom. The molecule has 2 heterocycles. The van der Waals surface area contributed by atoms with E-state index in [-0.39, 0.29) is 25.6 Å². The maximum atomic E-state index is 12.9. The van der Waals surface area contributed by atoms with Gasteiger partial charge in [0.25, 0.3) is 5.91 Å². The molecule has 9 heteroatoms. The Morgan fingerprint density at radius 3 is 2.48 bits per heavy atom. The molecule has 2 aromatic rings. The minimum Gasteiger partial charge on any atom is -0.497 e. The maximum absolute atomic E-state index is 12.9. The van der Waals surface area contributed by atoms with Crippen molar-refractivity contribution in [2.75, 3.05) is 26.8 Å². The number of hydrogen-bond donors (Lipinski definition) is 0. The number of pyridine rings is 1. The van der Waals surface area contributed by atoms with Crippen molar-refractivity contribution in [3.05, 3.63) is 48.2 Å². The molecule has 0 saturated carbocycles. The fraction of sp³-hybridized carbons (Fsp3) is 0.333. The molecule has 0 bridgehead atoms. The predicted molar refractivity (Wildman–Crippen MR) is 88.7 cm³/mol. The molecule has 0 aliphatic carbocycles. The predicted octanol–water partition coefficient (Wildman–Crippen LogP) is 2.78. The molecule has 3 rings (SSSR count). The van der Waals surface area contributed by atoms with Crippen LogP contribution in [0.4, 0.5) is 13.2 Å². The molecule has 1 aliphatic heterocycles. The van der Waals surface area contributed by atoms with Crippen molar-refractivity contribution in [2.24, 2.45) is 0 Å². The number of carbonyl (C=O) groups is 1. The van der Waals surface area contributed by atoms with Crippen molar-refractivity contribution in [1.29, 1.82) is 0 Å². The van der Waals surface area contributed by atoms with Crippen LogP contribution in [0.25, 0.3) is 0 Å². The Labute approximate surface area is 153 Å². The molecular formula is C18H17F3N2O4. The number of rotatable bonds is 6. The number of likely N-dealkylation sites (tertiary alicyclic amines) is 1. The second-order valence-corrected chi connectivity index (χ2v) is 5.86. The summed E-state index contributed by atoms with van der Waals surface area (Å²) < 4.78 is 54.5. The summed E-state index contributed by atoms with van der Waals surface area (Å²) in [5, 5.41) is 0. The van der Waals surface area contributed by atoms with Gasteiger partial charge in [-0.15, -0.1) is 0 Å². The van der Waals surface area contributed by atoms with Crippen molar-refractivity contribution in [2.45, 2.75) is 12.3 Å². The Hall–Kier alpha value is -2.97. The van der Waals surface area contributed by atoms with Crippen molar-refractivity contribution in [3.8, 4) is 17.4 Å². The van der Waals surface area contributed by atoms with E-state index < -0.39 is 23.7 Å². The van der Waals surface area contributed by atoms with Gasteiger partial charge in [-0.05, 0) is 36.4 Å². The van der Waals surface area contributed by atoms with Gasteiger partial charge in [0, 0.05) is 6.20 Å². The lowest BCUT2D eigenvalue weighted by Crippen LogP contribution is -2.57. The highest BCUT2D eigenvalue weighted by Gasteiger charge is 2.38. The first-order chi connectivity index (χ1) is 12.9. The van der Waals surface area contributed by atoms with Crippen molar-refractivity contribution in [3.63, 3.8) is 0 Å². The molecule has 1 aromatic carbocycles. The molecule has 1 fully saturated rings. The van der Waals surface area contributed by atoms with Crippen LogP contribution in [0.2, 0.25) is 0 Å². The summed E-state index contributed by atoms with van der Waals surface area (Å²) >= 11 is 0. The average molecular weight is 382 g/mol. The Bertz CT molecular complexity index is 790. The van der Waals surface area contributed by atoms with Gasteiger partial charge in [0.2, 0.25) is 5.88 Å². The molecule has 1 saturated heterocycles. The number of benzene rings is 1. The first-order valence-electron chi connectivity index (χ1n) is 8.10. The SMILES string of the molecule is COc1ccc(OCC(=O)N2CC(Oc3ncccc3C(F)(F)F)C2)cc1. The van der Waals surface area contributed by atoms with E-state index in [1.54, 1.807) is 31.4 Å². The molecule has 0 atom stereocenters. The van der Waals surface area contributed by atoms with Gasteiger partial charge in [-0.2, -0.15) is 13.2 Å². The van der Waals surface area contributed by atoms with Gasteiger partial charge >= 0.3 is 6.18 Å². The lowest BCUT2D eigenvalue weighted by atomic mass is 10.1. The minimum absolute atomic E-state index is 0.170. The zero-order chi connectivity index (χ0) is 19.4. The fourth-order valence-corrected chi connectivity index (χ4v) is 2.48. The standard InChI is InChI=1S/C18H17F3N2O4/c1-25-12-4-6-13(7-5-12)26-11-16(24)23-9-14(10-23)27-17-15(18(19,20)21)3-2-8-22-17/h2-8,14H,9-11H2,1H3. The molecule has 0 N–H and O–H groups in total. The van der Waals surface area contributed by atoms with Gasteiger partial charge in [0.15, 0.2) is 6.61 Å². The van der Waals surface area contributed by atoms with E-state index >= 15 is 0 Å². The van der Waals surface area contributed by atoms with Gasteiger partial charge in [0.05, 0.1) is 20.2 Å². The number of alkyl halides is 3. The number of amides is 1. The summed E-state index contributed by atoms with van der Waals surface area (Å²) in [4.78, 5) is 17.2. The summed E-state index contributed by atoms with van der Waals surface area (Å²) in [6, 6.07) is 8.87. The van der Waals surface area contributed by atoms with Crippen LogP contribution in [0.1, 0.15) is 5.56 Å². The van der Waals surface area contributed by atoms with Crippen LogP contribution < -0.4 is 14.2 Å². The van der Waals surface area contributed by atoms with Crippen molar-refractivity contribution < 1.29 is 32.2 Å². The molecule has 0 unspecified atom stereocenters. The number of aromatic nitrogens is 1. The van der Waals surface area contributed by atoms with Crippen LogP contribution >= 0.6 is 0 Å². The van der Waals surface area contributed by atoms with Crippen LogP contribution in [-0.4, -0.2) is 48.7 Å². The smallest absolute Gasteiger partial charge is 0.421 e. The summed E-state index contributed by atoms with van der Waals surface area (Å²) in [5.41, 5.74) is -0.933. The Morgan fingerprint density at radius 1 is 1.19 bits per heavy atom. The molecule has 6 nitrogen and oxygen atoms in total. The van der Waals surface area contributed by atoms with Crippen LogP contribution in [-0.2, 0) is 11.0 Å². The molecular weight excluding hydrogens is 365 g/mol. The third-order valence-electron chi connectivity index (χ3n) is 3.98. The number of hydrogen-bond acceptors (Lipinski definition) is 5. The average Bonchev–Trinajstić information content (AvgIpc) is 2.62. The highest BCUT2D eigenvalue weighted by molar-refractivity contribution is 5.78. The van der Waals surface area contributed by atoms with E-state index in [0.717, 1.165) is 6.07 Å². The molecule has 144 valence electrons. The van der Waals surface area contributed by atoms with Gasteiger partial charge in [0.1, 0.15) is 23.2 Å². The van der Waals surface area contributed by atoms with E-state index in [1.807, 2.05) is 0 Å². The molecule has 0 radical (unpaired) electrons. The zero-order valence-electron chi connectivity index (χ0n) is 14.4. The highest BCUT2D eigenvalue weighted by Crippen LogP contribution is 2.35. The van der Waals surface area contributed by atoms with E-state index in [4.69, 9.17) is 14.2 Å². The van der Waals surface area contributed by atoms with Crippen LogP contribution in [0.5, 0.6) is 17.4 Å². The first kappa shape index (κ1) is 18.8. The topological polar surface area (TPSA) is 60.9 Å². The summed E-state index contributed by atoms with van der Waals surface area (Å²) in [7, 11) is 1.55. The maximum Gasteiger partial charge on any atom is 0.421 e. The third kappa shape index (κ3) is 4.60. The Balaban J connectivity index is 1.47. The fourth-order valence-electron chi connectivity index (χ4n) is 2.48. The van der Waals surface area contributed by atoms with Gasteiger partial charge in [-0.3, -0.25) is 4.79 Å². The monoisotopic (exact) mass is 382 g/mol. The van der Waals surface area contributed by atoms with Gasteiger partial charge in [-0.25, -0.2) is 4.98 Å². The van der Waals surface area contributed by atoms with E-state index in [1.165, 1.54) is 17.2 Å². The highest BCUT2D eigenvalue weighted by atomic mass is 19.4. The number of ether oxygens (including phenoxy) is 3. The van der Waals surface area contributed by atoms with E-state index in [2.05, 4.69) is 4.98 Å². The minimum atomic E-state index is -4.55. The molecule has 1 amide bonds. The number of carbonyl (C=O) groups excluding carboxylic acids is 1. The van der Waals surface area contributed by atoms with E-state index in [9.17, 15) is 18.0 Å². The first-order valence-corrected chi connectivity index (χ1v) is 8.10. The third-order valence-corrected chi connectivity index (χ3v) is 3.98. The number of halogens is 3. The summed E-state index contributed by atoms with van der Waals surface area (Å²) in [6.45, 7) is 0.188. The number of nitrogens with zero attached hydrogens (tertiary/aromatic N) is 2. The summed E-state index contributed by atoms with van der Waals surface area (Å²) in [6.07, 6.45) is -3.85. The Kier molecular flexibility index (Phi) is 5.38. The van der Waals surface area contributed by atoms with Crippen LogP contribution in [0.15, 0.2) is 42.6 Å². The van der Waals surface area contributed by atoms with Crippen molar-refractivity contribution >= 4 is 5.91 Å². The lowest BCUT2D eigenvalue weighted by molar-refractivity contribution is -0.146. The zero-order valence-corrected chi connectivity index (χ0v) is 14.4. The van der Waals surface area contributed by atoms with Crippen LogP contribution in [0.3, 0.4) is 0 Å². The molecule has 0 spiro atoms. The molecule has 1 aliphatic rings. The van der Waals surface area contributed by atoms with Gasteiger partial charge in [-0.1, -0.05) is 0 Å². The molecule has 1 aromatic heterocycles. The summed E-state index contributed by atoms with van der Waals surface area (Å²) in [5.74, 6) is 0.434. The molecule has 27 heavy (non-hydrogen) atoms. The van der Waals surface area contributed by atoms with Gasteiger partial charge < -0.3 is 19.1 Å². The van der Waals surface area contributed by atoms with Crippen LogP contribution in [0, 0.1) is 0 Å². The second-order valence-electron chi connectivity index (χ2n) is 5.86. The van der Waals surface area contributed by atoms with Crippen molar-refractivity contribution in [1.82, 2.24) is 9.88 Å². The normalized spacial score (nSPS) is 14.4. The second kappa shape index (κ2) is 7.73. The number of methoxy groups -OCH3 is 1.